The van der Waals surface area contributed by atoms with Gasteiger partial charge in [0.1, 0.15) is 17.5 Å². The number of amidine groups is 1. The number of nitrogens with two attached hydrogens (primary N) is 1. The van der Waals surface area contributed by atoms with Crippen molar-refractivity contribution in [1.82, 2.24) is 0 Å². The fourth-order valence-corrected chi connectivity index (χ4v) is 1.65. The largest absolute Gasteiger partial charge is 0.409 e. The zero-order chi connectivity index (χ0) is 14.5. The first-order chi connectivity index (χ1) is 8.86. The Bertz CT molecular complexity index is 461. The Labute approximate surface area is 111 Å². The Balaban J connectivity index is 2.45. The van der Waals surface area contributed by atoms with E-state index in [0.717, 1.165) is 18.2 Å². The number of hydrogen-bond donors (Lipinski definition) is 3. The number of anilines is 1. The normalized spacial score (nSPS) is 12.5. The van der Waals surface area contributed by atoms with Crippen molar-refractivity contribution >= 4 is 11.5 Å². The number of rotatable bonds is 6. The van der Waals surface area contributed by atoms with Crippen molar-refractivity contribution in [2.45, 2.75) is 26.7 Å². The van der Waals surface area contributed by atoms with Crippen LogP contribution < -0.4 is 11.1 Å². The molecule has 4 N–H and O–H groups in total. The van der Waals surface area contributed by atoms with Gasteiger partial charge in [-0.05, 0) is 31.0 Å². The molecule has 0 aliphatic carbocycles. The molecular formula is C13H19F2N3O. The van der Waals surface area contributed by atoms with Gasteiger partial charge in [0.2, 0.25) is 0 Å². The average molecular weight is 271 g/mol. The van der Waals surface area contributed by atoms with Crippen molar-refractivity contribution in [2.75, 3.05) is 11.9 Å². The lowest BCUT2D eigenvalue weighted by Crippen LogP contribution is -2.32. The molecule has 19 heavy (non-hydrogen) atoms. The summed E-state index contributed by atoms with van der Waals surface area (Å²) >= 11 is 0. The van der Waals surface area contributed by atoms with Crippen molar-refractivity contribution in [3.8, 4) is 0 Å². The highest BCUT2D eigenvalue weighted by molar-refractivity contribution is 5.85. The van der Waals surface area contributed by atoms with E-state index in [2.05, 4.69) is 10.5 Å². The molecule has 0 aliphatic rings. The number of benzene rings is 1. The summed E-state index contributed by atoms with van der Waals surface area (Å²) in [4.78, 5) is 0. The minimum Gasteiger partial charge on any atom is -0.409 e. The summed E-state index contributed by atoms with van der Waals surface area (Å²) in [5, 5.41) is 14.4. The van der Waals surface area contributed by atoms with E-state index in [1.54, 1.807) is 0 Å². The Morgan fingerprint density at radius 3 is 2.74 bits per heavy atom. The summed E-state index contributed by atoms with van der Waals surface area (Å²) in [6.07, 6.45) is 1.34. The van der Waals surface area contributed by atoms with Gasteiger partial charge in [-0.25, -0.2) is 8.78 Å². The minimum atomic E-state index is -0.489. The third kappa shape index (κ3) is 4.39. The highest BCUT2D eigenvalue weighted by Crippen LogP contribution is 2.22. The van der Waals surface area contributed by atoms with E-state index in [1.165, 1.54) is 0 Å². The monoisotopic (exact) mass is 271 g/mol. The molecule has 0 heterocycles. The predicted octanol–water partition coefficient (Wildman–Crippen LogP) is 2.93. The lowest BCUT2D eigenvalue weighted by molar-refractivity contribution is 0.305. The topological polar surface area (TPSA) is 70.6 Å². The second-order valence-electron chi connectivity index (χ2n) is 5.02. The molecule has 0 saturated heterocycles. The van der Waals surface area contributed by atoms with Gasteiger partial charge in [0.15, 0.2) is 0 Å². The van der Waals surface area contributed by atoms with Gasteiger partial charge >= 0.3 is 0 Å². The van der Waals surface area contributed by atoms with E-state index < -0.39 is 17.0 Å². The second-order valence-corrected chi connectivity index (χ2v) is 5.02. The molecule has 0 aliphatic heterocycles. The summed E-state index contributed by atoms with van der Waals surface area (Å²) in [6.45, 7) is 4.18. The van der Waals surface area contributed by atoms with Gasteiger partial charge < -0.3 is 16.3 Å². The molecule has 4 nitrogen and oxygen atoms in total. The Morgan fingerprint density at radius 1 is 1.42 bits per heavy atom. The van der Waals surface area contributed by atoms with Crippen molar-refractivity contribution in [3.63, 3.8) is 0 Å². The van der Waals surface area contributed by atoms with E-state index in [1.807, 2.05) is 13.8 Å². The number of nitrogens with zero attached hydrogens (tertiary/aromatic N) is 1. The summed E-state index contributed by atoms with van der Waals surface area (Å²) < 4.78 is 26.2. The molecular weight excluding hydrogens is 252 g/mol. The van der Waals surface area contributed by atoms with Crippen LogP contribution in [-0.4, -0.2) is 17.6 Å². The van der Waals surface area contributed by atoms with Gasteiger partial charge in [0, 0.05) is 12.0 Å². The summed E-state index contributed by atoms with van der Waals surface area (Å²) in [5.74, 6) is -0.817. The predicted molar refractivity (Wildman–Crippen MR) is 71.3 cm³/mol. The second kappa shape index (κ2) is 6.36. The maximum absolute atomic E-state index is 13.3. The van der Waals surface area contributed by atoms with Crippen LogP contribution in [0.15, 0.2) is 23.4 Å². The van der Waals surface area contributed by atoms with Gasteiger partial charge in [-0.1, -0.05) is 19.0 Å². The highest BCUT2D eigenvalue weighted by atomic mass is 19.1. The van der Waals surface area contributed by atoms with Gasteiger partial charge in [0.05, 0.1) is 5.69 Å². The lowest BCUT2D eigenvalue weighted by atomic mass is 9.86. The number of nitrogens with one attached hydrogen (secondary N) is 1. The molecule has 0 aromatic heterocycles. The fraction of sp³-hybridized carbons (Fsp3) is 0.462. The molecule has 0 spiro atoms. The smallest absolute Gasteiger partial charge is 0.146 e. The van der Waals surface area contributed by atoms with Crippen LogP contribution in [0.4, 0.5) is 14.5 Å². The van der Waals surface area contributed by atoms with E-state index in [0.29, 0.717) is 19.4 Å². The van der Waals surface area contributed by atoms with Crippen LogP contribution in [-0.2, 0) is 0 Å². The van der Waals surface area contributed by atoms with E-state index in [4.69, 9.17) is 10.9 Å². The first-order valence-corrected chi connectivity index (χ1v) is 6.04. The molecule has 1 aromatic carbocycles. The molecule has 106 valence electrons. The van der Waals surface area contributed by atoms with E-state index in [9.17, 15) is 8.78 Å². The van der Waals surface area contributed by atoms with Gasteiger partial charge in [-0.15, -0.1) is 0 Å². The Kier molecular flexibility index (Phi) is 5.09. The maximum Gasteiger partial charge on any atom is 0.146 e. The van der Waals surface area contributed by atoms with Crippen LogP contribution in [0.5, 0.6) is 0 Å². The van der Waals surface area contributed by atoms with E-state index >= 15 is 0 Å². The van der Waals surface area contributed by atoms with Crippen LogP contribution >= 0.6 is 0 Å². The number of oxime groups is 1. The zero-order valence-corrected chi connectivity index (χ0v) is 11.1. The fourth-order valence-electron chi connectivity index (χ4n) is 1.65. The molecule has 0 unspecified atom stereocenters. The van der Waals surface area contributed by atoms with E-state index in [-0.39, 0.29) is 11.5 Å². The van der Waals surface area contributed by atoms with Crippen LogP contribution in [0, 0.1) is 17.0 Å². The third-order valence-corrected chi connectivity index (χ3v) is 3.02. The summed E-state index contributed by atoms with van der Waals surface area (Å²) in [5.41, 5.74) is 5.26. The summed E-state index contributed by atoms with van der Waals surface area (Å²) in [6, 6.07) is 3.27. The third-order valence-electron chi connectivity index (χ3n) is 3.02. The molecule has 6 heteroatoms. The van der Waals surface area contributed by atoms with Crippen LogP contribution in [0.25, 0.3) is 0 Å². The van der Waals surface area contributed by atoms with Crippen molar-refractivity contribution < 1.29 is 14.0 Å². The molecule has 1 aromatic rings. The molecule has 0 bridgehead atoms. The SMILES string of the molecule is CC(C)(CCCNc1cc(F)ccc1F)C(N)=NO. The minimum absolute atomic E-state index is 0.140. The van der Waals surface area contributed by atoms with Gasteiger partial charge in [0.25, 0.3) is 0 Å². The first-order valence-electron chi connectivity index (χ1n) is 6.04. The molecule has 0 fully saturated rings. The molecule has 0 saturated carbocycles. The Morgan fingerprint density at radius 2 is 2.11 bits per heavy atom. The average Bonchev–Trinajstić information content (AvgIpc) is 2.37. The molecule has 0 radical (unpaired) electrons. The van der Waals surface area contributed by atoms with Crippen LogP contribution in [0.2, 0.25) is 0 Å². The number of halogens is 2. The lowest BCUT2D eigenvalue weighted by Gasteiger charge is -2.22. The molecule has 1 rings (SSSR count). The standard InChI is InChI=1S/C13H19F2N3O/c1-13(2,12(16)18-19)6-3-7-17-11-8-9(14)4-5-10(11)15/h4-5,8,17,19H,3,6-7H2,1-2H3,(H2,16,18). The first kappa shape index (κ1) is 15.2. The van der Waals surface area contributed by atoms with Crippen molar-refractivity contribution in [1.29, 1.82) is 0 Å². The maximum atomic E-state index is 13.3. The molecule has 0 amide bonds. The van der Waals surface area contributed by atoms with Crippen molar-refractivity contribution in [2.24, 2.45) is 16.3 Å². The summed E-state index contributed by atoms with van der Waals surface area (Å²) in [7, 11) is 0. The van der Waals surface area contributed by atoms with Crippen LogP contribution in [0.3, 0.4) is 0 Å². The van der Waals surface area contributed by atoms with Crippen LogP contribution in [0.1, 0.15) is 26.7 Å². The van der Waals surface area contributed by atoms with Gasteiger partial charge in [-0.2, -0.15) is 0 Å². The van der Waals surface area contributed by atoms with Gasteiger partial charge in [-0.3, -0.25) is 0 Å². The Hall–Kier alpha value is -1.85. The highest BCUT2D eigenvalue weighted by Gasteiger charge is 2.22. The number of hydrogen-bond acceptors (Lipinski definition) is 3. The quantitative estimate of drug-likeness (QED) is 0.245. The zero-order valence-electron chi connectivity index (χ0n) is 11.1. The van der Waals surface area contributed by atoms with Crippen molar-refractivity contribution in [3.05, 3.63) is 29.8 Å². The molecule has 0 atom stereocenters.